The second-order valence-electron chi connectivity index (χ2n) is 4.52. The second kappa shape index (κ2) is 7.04. The van der Waals surface area contributed by atoms with Gasteiger partial charge in [-0.05, 0) is 24.1 Å². The Hall–Kier alpha value is -1.89. The van der Waals surface area contributed by atoms with E-state index in [1.807, 2.05) is 0 Å². The van der Waals surface area contributed by atoms with Crippen molar-refractivity contribution in [2.45, 2.75) is 19.3 Å². The molecule has 0 aromatic heterocycles. The highest BCUT2D eigenvalue weighted by atomic mass is 32.2. The minimum atomic E-state index is -3.16. The standard InChI is InChI=1S/C13H17NO5S/c1-20(18,19)8-7-12(15)14-11-4-2-3-10(9-11)5-6-13(16)17/h2-4,9H,5-8H2,1H3,(H,14,15)(H,16,17). The van der Waals surface area contributed by atoms with Gasteiger partial charge in [-0.1, -0.05) is 12.1 Å². The van der Waals surface area contributed by atoms with Crippen molar-refractivity contribution in [1.82, 2.24) is 0 Å². The number of amides is 1. The molecule has 0 saturated carbocycles. The van der Waals surface area contributed by atoms with Gasteiger partial charge in [0.1, 0.15) is 9.84 Å². The van der Waals surface area contributed by atoms with Crippen LogP contribution < -0.4 is 5.32 Å². The van der Waals surface area contributed by atoms with Crippen LogP contribution in [0.15, 0.2) is 24.3 Å². The van der Waals surface area contributed by atoms with Crippen LogP contribution in [0.3, 0.4) is 0 Å². The summed E-state index contributed by atoms with van der Waals surface area (Å²) >= 11 is 0. The van der Waals surface area contributed by atoms with Crippen molar-refractivity contribution < 1.29 is 23.1 Å². The van der Waals surface area contributed by atoms with Crippen molar-refractivity contribution in [1.29, 1.82) is 0 Å². The largest absolute Gasteiger partial charge is 0.481 e. The monoisotopic (exact) mass is 299 g/mol. The summed E-state index contributed by atoms with van der Waals surface area (Å²) in [5.74, 6) is -1.46. The number of anilines is 1. The number of carbonyl (C=O) groups is 2. The first-order valence-corrected chi connectivity index (χ1v) is 8.10. The van der Waals surface area contributed by atoms with Crippen molar-refractivity contribution in [3.63, 3.8) is 0 Å². The first kappa shape index (κ1) is 16.2. The van der Waals surface area contributed by atoms with Gasteiger partial charge in [-0.2, -0.15) is 0 Å². The van der Waals surface area contributed by atoms with Crippen LogP contribution in [0, 0.1) is 0 Å². The highest BCUT2D eigenvalue weighted by Crippen LogP contribution is 2.12. The normalized spacial score (nSPS) is 11.1. The lowest BCUT2D eigenvalue weighted by Crippen LogP contribution is -2.16. The molecule has 0 heterocycles. The maximum atomic E-state index is 11.6. The summed E-state index contributed by atoms with van der Waals surface area (Å²) in [6, 6.07) is 6.84. The number of sulfone groups is 1. The van der Waals surface area contributed by atoms with Crippen LogP contribution in [0.5, 0.6) is 0 Å². The van der Waals surface area contributed by atoms with Crippen molar-refractivity contribution in [3.05, 3.63) is 29.8 Å². The number of hydrogen-bond donors (Lipinski definition) is 2. The average Bonchev–Trinajstić information content (AvgIpc) is 2.34. The fourth-order valence-corrected chi connectivity index (χ4v) is 2.11. The van der Waals surface area contributed by atoms with E-state index < -0.39 is 15.8 Å². The molecule has 0 radical (unpaired) electrons. The maximum Gasteiger partial charge on any atom is 0.303 e. The third kappa shape index (κ3) is 6.89. The van der Waals surface area contributed by atoms with E-state index >= 15 is 0 Å². The molecule has 1 aromatic carbocycles. The molecule has 0 saturated heterocycles. The Labute approximate surface area is 117 Å². The van der Waals surface area contributed by atoms with E-state index in [1.165, 1.54) is 0 Å². The maximum absolute atomic E-state index is 11.6. The minimum absolute atomic E-state index is 0.0193. The summed E-state index contributed by atoms with van der Waals surface area (Å²) < 4.78 is 21.9. The Bertz CT molecular complexity index is 595. The topological polar surface area (TPSA) is 101 Å². The van der Waals surface area contributed by atoms with Gasteiger partial charge in [-0.15, -0.1) is 0 Å². The minimum Gasteiger partial charge on any atom is -0.481 e. The third-order valence-electron chi connectivity index (χ3n) is 2.54. The fraction of sp³-hybridized carbons (Fsp3) is 0.385. The van der Waals surface area contributed by atoms with Gasteiger partial charge in [-0.25, -0.2) is 8.42 Å². The Morgan fingerprint density at radius 3 is 2.55 bits per heavy atom. The Morgan fingerprint density at radius 1 is 1.25 bits per heavy atom. The number of carboxylic acids is 1. The van der Waals surface area contributed by atoms with Gasteiger partial charge in [-0.3, -0.25) is 9.59 Å². The molecule has 0 aliphatic carbocycles. The second-order valence-corrected chi connectivity index (χ2v) is 6.78. The lowest BCUT2D eigenvalue weighted by Gasteiger charge is -2.06. The molecule has 0 aliphatic rings. The van der Waals surface area contributed by atoms with Crippen LogP contribution in [0.2, 0.25) is 0 Å². The third-order valence-corrected chi connectivity index (χ3v) is 3.48. The quantitative estimate of drug-likeness (QED) is 0.784. The van der Waals surface area contributed by atoms with Crippen molar-refractivity contribution in [2.75, 3.05) is 17.3 Å². The van der Waals surface area contributed by atoms with Gasteiger partial charge in [0.05, 0.1) is 5.75 Å². The van der Waals surface area contributed by atoms with E-state index in [0.29, 0.717) is 12.1 Å². The van der Waals surface area contributed by atoms with E-state index in [9.17, 15) is 18.0 Å². The molecule has 1 amide bonds. The van der Waals surface area contributed by atoms with Gasteiger partial charge >= 0.3 is 5.97 Å². The molecular weight excluding hydrogens is 282 g/mol. The summed E-state index contributed by atoms with van der Waals surface area (Å²) in [4.78, 5) is 22.1. The molecule has 7 heteroatoms. The number of aryl methyl sites for hydroxylation is 1. The highest BCUT2D eigenvalue weighted by molar-refractivity contribution is 7.90. The van der Waals surface area contributed by atoms with Crippen LogP contribution in [-0.4, -0.2) is 37.4 Å². The molecule has 1 rings (SSSR count). The van der Waals surface area contributed by atoms with Crippen molar-refractivity contribution >= 4 is 27.4 Å². The molecule has 20 heavy (non-hydrogen) atoms. The molecule has 0 unspecified atom stereocenters. The first-order valence-electron chi connectivity index (χ1n) is 6.04. The van der Waals surface area contributed by atoms with Gasteiger partial charge < -0.3 is 10.4 Å². The van der Waals surface area contributed by atoms with Crippen molar-refractivity contribution in [3.8, 4) is 0 Å². The van der Waals surface area contributed by atoms with Crippen LogP contribution in [0.4, 0.5) is 5.69 Å². The Kier molecular flexibility index (Phi) is 5.69. The number of aliphatic carboxylic acids is 1. The summed E-state index contributed by atoms with van der Waals surface area (Å²) in [5.41, 5.74) is 1.33. The predicted octanol–water partition coefficient (Wildman–Crippen LogP) is 1.08. The van der Waals surface area contributed by atoms with Crippen LogP contribution >= 0.6 is 0 Å². The highest BCUT2D eigenvalue weighted by Gasteiger charge is 2.08. The van der Waals surface area contributed by atoms with E-state index in [0.717, 1.165) is 11.8 Å². The van der Waals surface area contributed by atoms with Crippen LogP contribution in [0.1, 0.15) is 18.4 Å². The smallest absolute Gasteiger partial charge is 0.303 e. The lowest BCUT2D eigenvalue weighted by atomic mass is 10.1. The molecule has 0 spiro atoms. The van der Waals surface area contributed by atoms with Gasteiger partial charge in [0.2, 0.25) is 5.91 Å². The molecular formula is C13H17NO5S. The average molecular weight is 299 g/mol. The van der Waals surface area contributed by atoms with Gasteiger partial charge in [0.15, 0.2) is 0 Å². The summed E-state index contributed by atoms with van der Waals surface area (Å²) in [6.45, 7) is 0. The van der Waals surface area contributed by atoms with Crippen LogP contribution in [-0.2, 0) is 25.8 Å². The number of hydrogen-bond acceptors (Lipinski definition) is 4. The number of rotatable bonds is 7. The predicted molar refractivity (Wildman–Crippen MR) is 75.4 cm³/mol. The summed E-state index contributed by atoms with van der Waals surface area (Å²) in [5, 5.41) is 11.2. The molecule has 2 N–H and O–H groups in total. The number of benzene rings is 1. The molecule has 0 atom stereocenters. The zero-order chi connectivity index (χ0) is 15.2. The van der Waals surface area contributed by atoms with E-state index in [4.69, 9.17) is 5.11 Å². The van der Waals surface area contributed by atoms with Gasteiger partial charge in [0.25, 0.3) is 0 Å². The van der Waals surface area contributed by atoms with Crippen molar-refractivity contribution in [2.24, 2.45) is 0 Å². The molecule has 0 bridgehead atoms. The summed E-state index contributed by atoms with van der Waals surface area (Å²) in [6.07, 6.45) is 1.37. The SMILES string of the molecule is CS(=O)(=O)CCC(=O)Nc1cccc(CCC(=O)O)c1. The molecule has 1 aromatic rings. The molecule has 6 nitrogen and oxygen atoms in total. The Morgan fingerprint density at radius 2 is 1.95 bits per heavy atom. The molecule has 0 aliphatic heterocycles. The van der Waals surface area contributed by atoms with Crippen LogP contribution in [0.25, 0.3) is 0 Å². The first-order chi connectivity index (χ1) is 9.26. The number of carbonyl (C=O) groups excluding carboxylic acids is 1. The number of nitrogens with one attached hydrogen (secondary N) is 1. The molecule has 110 valence electrons. The number of carboxylic acid groups (broad SMARTS) is 1. The van der Waals surface area contributed by atoms with E-state index in [2.05, 4.69) is 5.32 Å². The molecule has 0 fully saturated rings. The Balaban J connectivity index is 2.57. The van der Waals surface area contributed by atoms with E-state index in [1.54, 1.807) is 24.3 Å². The zero-order valence-corrected chi connectivity index (χ0v) is 11.9. The zero-order valence-electron chi connectivity index (χ0n) is 11.1. The summed E-state index contributed by atoms with van der Waals surface area (Å²) in [7, 11) is -3.16. The van der Waals surface area contributed by atoms with Gasteiger partial charge in [0, 0.05) is 24.8 Å². The fourth-order valence-electron chi connectivity index (χ4n) is 1.56. The lowest BCUT2D eigenvalue weighted by molar-refractivity contribution is -0.137. The van der Waals surface area contributed by atoms with E-state index in [-0.39, 0.29) is 24.5 Å².